The van der Waals surface area contributed by atoms with E-state index in [0.717, 1.165) is 58.9 Å². The van der Waals surface area contributed by atoms with Crippen LogP contribution in [0, 0.1) is 0 Å². The van der Waals surface area contributed by atoms with E-state index in [9.17, 15) is 28.8 Å². The van der Waals surface area contributed by atoms with Crippen molar-refractivity contribution in [3.05, 3.63) is 196 Å². The quantitative estimate of drug-likeness (QED) is 0.0135. The number of carbonyl (C=O) groups is 6. The van der Waals surface area contributed by atoms with Gasteiger partial charge in [-0.05, 0) is 161 Å². The second kappa shape index (κ2) is 40.7. The van der Waals surface area contributed by atoms with Gasteiger partial charge in [0.2, 0.25) is 0 Å². The Hall–Kier alpha value is -7.90. The Morgan fingerprint density at radius 3 is 1.14 bits per heavy atom. The van der Waals surface area contributed by atoms with Crippen LogP contribution in [0.5, 0.6) is 17.2 Å². The van der Waals surface area contributed by atoms with Crippen molar-refractivity contribution in [2.45, 2.75) is 80.1 Å². The minimum atomic E-state index is -1.12. The molecule has 0 bridgehead atoms. The van der Waals surface area contributed by atoms with Crippen LogP contribution < -0.4 is 14.2 Å². The summed E-state index contributed by atoms with van der Waals surface area (Å²) in [6.45, 7) is 28.0. The molecule has 9 aromatic rings. The zero-order chi connectivity index (χ0) is 71.2. The van der Waals surface area contributed by atoms with E-state index in [2.05, 4.69) is 101 Å². The molecule has 9 rings (SSSR count). The lowest BCUT2D eigenvalue weighted by atomic mass is 9.85. The zero-order valence-corrected chi connectivity index (χ0v) is 62.7. The number of halogens is 2. The van der Waals surface area contributed by atoms with Crippen LogP contribution in [0.1, 0.15) is 133 Å². The summed E-state index contributed by atoms with van der Waals surface area (Å²) in [5.74, 6) is 0.373. The van der Waals surface area contributed by atoms with Crippen molar-refractivity contribution in [3.63, 3.8) is 0 Å². The fourth-order valence-corrected chi connectivity index (χ4v) is 10.7. The summed E-state index contributed by atoms with van der Waals surface area (Å²) in [7, 11) is 3.96. The van der Waals surface area contributed by atoms with Gasteiger partial charge in [-0.1, -0.05) is 141 Å². The molecule has 20 heteroatoms. The number of ether oxygens (including phenoxy) is 6. The van der Waals surface area contributed by atoms with E-state index >= 15 is 0 Å². The monoisotopic (exact) mass is 1550 g/mol. The molecule has 0 aliphatic heterocycles. The number of benzene rings is 6. The van der Waals surface area contributed by atoms with Crippen LogP contribution in [-0.2, 0) is 40.4 Å². The lowest BCUT2D eigenvalue weighted by Crippen LogP contribution is -2.31. The maximum absolute atomic E-state index is 13.5. The highest BCUT2D eigenvalue weighted by Gasteiger charge is 2.40. The Kier molecular flexibility index (Phi) is 33.5. The molecule has 18 nitrogen and oxygen atoms in total. The molecule has 1 unspecified atom stereocenters. The van der Waals surface area contributed by atoms with Crippen molar-refractivity contribution in [2.24, 2.45) is 0 Å². The molecule has 0 aliphatic rings. The van der Waals surface area contributed by atoms with Crippen molar-refractivity contribution in [1.29, 1.82) is 0 Å². The molecule has 0 N–H and O–H groups in total. The molecule has 520 valence electrons. The van der Waals surface area contributed by atoms with Crippen LogP contribution in [0.3, 0.4) is 0 Å². The minimum absolute atomic E-state index is 0.0984. The highest BCUT2D eigenvalue weighted by Crippen LogP contribution is 2.38. The molecular weight excluding hydrogens is 1460 g/mol. The lowest BCUT2D eigenvalue weighted by molar-refractivity contribution is -0.147. The molecule has 0 amide bonds. The SMILES string of the molecule is CCN(CC)CCOc1ccc(C(=O)c2c(C(C)(C)C(=O)OC)oc3ccccc23)cc1.CCN(CC)CCOc1ccc(C(=O)c2c(C(C)C(=O)OC)oc3ccccc23)cc1.CCN(CC)CCOc1ccc(C(=O)c2c(CC(=O)OC)oc3ccccc23)cc1.CI.CI. The first-order valence-corrected chi connectivity index (χ1v) is 36.7. The summed E-state index contributed by atoms with van der Waals surface area (Å²) in [5.41, 5.74) is 3.23. The van der Waals surface area contributed by atoms with Crippen molar-refractivity contribution in [2.75, 3.05) is 110 Å². The molecule has 0 radical (unpaired) electrons. The number of likely N-dealkylation sites (N-methyl/N-ethyl adjacent to an activating group) is 3. The van der Waals surface area contributed by atoms with Crippen LogP contribution in [0.2, 0.25) is 0 Å². The van der Waals surface area contributed by atoms with Gasteiger partial charge in [0, 0.05) is 52.5 Å². The summed E-state index contributed by atoms with van der Waals surface area (Å²) >= 11 is 4.30. The highest BCUT2D eigenvalue weighted by atomic mass is 127. The average Bonchev–Trinajstić information content (AvgIpc) is 1.65. The number of hydrogen-bond donors (Lipinski definition) is 0. The molecule has 97 heavy (non-hydrogen) atoms. The molecule has 0 spiro atoms. The third kappa shape index (κ3) is 21.3. The minimum Gasteiger partial charge on any atom is -0.492 e. The number of esters is 3. The second-order valence-corrected chi connectivity index (χ2v) is 22.3. The first-order valence-electron chi connectivity index (χ1n) is 32.4. The third-order valence-corrected chi connectivity index (χ3v) is 16.4. The van der Waals surface area contributed by atoms with Crippen LogP contribution >= 0.6 is 45.2 Å². The molecule has 0 saturated heterocycles. The number of rotatable bonds is 30. The molecule has 0 fully saturated rings. The number of furan rings is 3. The smallest absolute Gasteiger partial charge is 0.318 e. The van der Waals surface area contributed by atoms with E-state index in [1.807, 2.05) is 64.5 Å². The van der Waals surface area contributed by atoms with Crippen molar-refractivity contribution in [1.82, 2.24) is 14.7 Å². The molecule has 0 aliphatic carbocycles. The van der Waals surface area contributed by atoms with Crippen molar-refractivity contribution < 1.29 is 70.4 Å². The Bertz CT molecular complexity index is 3940. The largest absolute Gasteiger partial charge is 0.492 e. The van der Waals surface area contributed by atoms with Crippen molar-refractivity contribution in [3.8, 4) is 17.2 Å². The number of alkyl halides is 2. The van der Waals surface area contributed by atoms with Gasteiger partial charge in [0.15, 0.2) is 17.3 Å². The highest BCUT2D eigenvalue weighted by molar-refractivity contribution is 14.1. The summed E-state index contributed by atoms with van der Waals surface area (Å²) in [4.78, 5) is 87.3. The average molecular weight is 1550 g/mol. The number of hydrogen-bond acceptors (Lipinski definition) is 18. The Morgan fingerprint density at radius 1 is 0.433 bits per heavy atom. The normalized spacial score (nSPS) is 11.3. The Balaban J connectivity index is 0.000000256. The summed E-state index contributed by atoms with van der Waals surface area (Å²) < 4.78 is 49.7. The van der Waals surface area contributed by atoms with E-state index < -0.39 is 29.2 Å². The maximum atomic E-state index is 13.5. The van der Waals surface area contributed by atoms with Gasteiger partial charge in [-0.15, -0.1) is 0 Å². The van der Waals surface area contributed by atoms with Gasteiger partial charge in [-0.3, -0.25) is 28.8 Å². The summed E-state index contributed by atoms with van der Waals surface area (Å²) in [6, 6.07) is 43.0. The standard InChI is InChI=1S/C26H31NO5.C25H29NO5.C24H27NO5.2CH3I/c1-6-27(7-2)16-17-31-19-14-12-18(13-15-19)23(28)22-20-10-8-9-11-21(20)32-24(22)26(3,4)25(29)30-5;1-5-26(6-2)15-16-30-19-13-11-18(12-14-19)23(27)22-20-9-7-8-10-21(20)31-24(22)17(3)25(28)29-4;1-4-25(5-2)14-15-29-18-12-10-17(11-13-18)24(27)23-19-8-6-7-9-20(19)30-21(23)16-22(26)28-3;2*1-2/h8-15H,6-7,16-17H2,1-5H3;7-14,17H,5-6,15-16H2,1-4H3;6-13H,4-5,14-16H2,1-3H3;2*1H3. The topological polar surface area (TPSA) is 207 Å². The molecule has 6 aromatic carbocycles. The van der Waals surface area contributed by atoms with Gasteiger partial charge in [-0.2, -0.15) is 0 Å². The summed E-state index contributed by atoms with van der Waals surface area (Å²) in [5, 5.41) is 2.03. The third-order valence-electron chi connectivity index (χ3n) is 16.4. The van der Waals surface area contributed by atoms with Gasteiger partial charge < -0.3 is 56.4 Å². The summed E-state index contributed by atoms with van der Waals surface area (Å²) in [6.07, 6.45) is -0.0984. The van der Waals surface area contributed by atoms with E-state index in [4.69, 9.17) is 41.7 Å². The Labute approximate surface area is 597 Å². The Morgan fingerprint density at radius 2 is 0.773 bits per heavy atom. The fraction of sp³-hybridized carbons (Fsp3) is 0.377. The number of nitrogens with zero attached hydrogens (tertiary/aromatic N) is 3. The number of fused-ring (bicyclic) bond motifs is 3. The van der Waals surface area contributed by atoms with Gasteiger partial charge in [0.25, 0.3) is 0 Å². The van der Waals surface area contributed by atoms with Gasteiger partial charge in [-0.25, -0.2) is 0 Å². The van der Waals surface area contributed by atoms with E-state index in [-0.39, 0.29) is 23.8 Å². The van der Waals surface area contributed by atoms with Gasteiger partial charge in [0.1, 0.15) is 88.9 Å². The van der Waals surface area contributed by atoms with Crippen molar-refractivity contribution >= 4 is 113 Å². The first kappa shape index (κ1) is 79.8. The second-order valence-electron chi connectivity index (χ2n) is 22.3. The first-order chi connectivity index (χ1) is 46.9. The molecule has 3 heterocycles. The van der Waals surface area contributed by atoms with Crippen LogP contribution in [0.15, 0.2) is 159 Å². The van der Waals surface area contributed by atoms with E-state index in [1.165, 1.54) is 21.3 Å². The van der Waals surface area contributed by atoms with E-state index in [0.29, 0.717) is 121 Å². The fourth-order valence-electron chi connectivity index (χ4n) is 10.7. The van der Waals surface area contributed by atoms with E-state index in [1.54, 1.807) is 112 Å². The lowest BCUT2D eigenvalue weighted by Gasteiger charge is -2.20. The number of methoxy groups -OCH3 is 3. The maximum Gasteiger partial charge on any atom is 0.318 e. The molecule has 0 saturated carbocycles. The van der Waals surface area contributed by atoms with Gasteiger partial charge >= 0.3 is 17.9 Å². The van der Waals surface area contributed by atoms with Crippen LogP contribution in [0.4, 0.5) is 0 Å². The van der Waals surface area contributed by atoms with Crippen LogP contribution in [-0.4, -0.2) is 160 Å². The number of carbonyl (C=O) groups excluding carboxylic acids is 6. The number of para-hydroxylation sites is 3. The van der Waals surface area contributed by atoms with Gasteiger partial charge in [0.05, 0.1) is 38.0 Å². The predicted octanol–water partition coefficient (Wildman–Crippen LogP) is 15.7. The number of ketones is 3. The molecular formula is C77H93I2N3O15. The zero-order valence-electron chi connectivity index (χ0n) is 58.3. The molecule has 3 aromatic heterocycles. The van der Waals surface area contributed by atoms with Crippen LogP contribution in [0.25, 0.3) is 32.9 Å². The molecule has 1 atom stereocenters. The predicted molar refractivity (Wildman–Crippen MR) is 399 cm³/mol.